The summed E-state index contributed by atoms with van der Waals surface area (Å²) in [5.41, 5.74) is 0.885. The molecule has 16 heavy (non-hydrogen) atoms. The van der Waals surface area contributed by atoms with Crippen LogP contribution >= 0.6 is 0 Å². The molecule has 2 rings (SSSR count). The Labute approximate surface area is 97.3 Å². The summed E-state index contributed by atoms with van der Waals surface area (Å²) in [7, 11) is 0. The molecule has 1 fully saturated rings. The smallest absolute Gasteiger partial charge is 0.127 e. The maximum absolute atomic E-state index is 13.8. The topological polar surface area (TPSA) is 3.24 Å². The number of hydrogen-bond donors (Lipinski definition) is 0. The molecule has 0 bridgehead atoms. The Hall–Kier alpha value is -0.890. The average Bonchev–Trinajstić information content (AvgIpc) is 2.31. The fourth-order valence-electron chi connectivity index (χ4n) is 2.64. The molecule has 0 aliphatic carbocycles. The van der Waals surface area contributed by atoms with E-state index in [9.17, 15) is 4.39 Å². The molecular formula is C14H20FN. The molecule has 1 atom stereocenters. The predicted molar refractivity (Wildman–Crippen MR) is 64.9 cm³/mol. The van der Waals surface area contributed by atoms with E-state index in [0.29, 0.717) is 6.04 Å². The summed E-state index contributed by atoms with van der Waals surface area (Å²) >= 11 is 0. The SMILES string of the molecule is CCCN1CCCCC1c1ccccc1F. The van der Waals surface area contributed by atoms with Crippen molar-refractivity contribution in [1.82, 2.24) is 4.90 Å². The van der Waals surface area contributed by atoms with Crippen LogP contribution in [0.25, 0.3) is 0 Å². The molecule has 1 aromatic rings. The van der Waals surface area contributed by atoms with Gasteiger partial charge < -0.3 is 0 Å². The van der Waals surface area contributed by atoms with Gasteiger partial charge in [-0.1, -0.05) is 31.5 Å². The van der Waals surface area contributed by atoms with E-state index >= 15 is 0 Å². The zero-order chi connectivity index (χ0) is 11.4. The standard InChI is InChI=1S/C14H20FN/c1-2-10-16-11-6-5-9-14(16)12-7-3-4-8-13(12)15/h3-4,7-8,14H,2,5-6,9-11H2,1H3. The van der Waals surface area contributed by atoms with E-state index in [1.54, 1.807) is 12.1 Å². The van der Waals surface area contributed by atoms with E-state index in [-0.39, 0.29) is 5.82 Å². The van der Waals surface area contributed by atoms with E-state index < -0.39 is 0 Å². The number of likely N-dealkylation sites (tertiary alicyclic amines) is 1. The van der Waals surface area contributed by atoms with Crippen LogP contribution in [0.4, 0.5) is 4.39 Å². The minimum Gasteiger partial charge on any atom is -0.296 e. The summed E-state index contributed by atoms with van der Waals surface area (Å²) in [5, 5.41) is 0. The first kappa shape index (κ1) is 11.6. The molecule has 1 saturated heterocycles. The Morgan fingerprint density at radius 3 is 2.88 bits per heavy atom. The van der Waals surface area contributed by atoms with Crippen LogP contribution < -0.4 is 0 Å². The fraction of sp³-hybridized carbons (Fsp3) is 0.571. The predicted octanol–water partition coefficient (Wildman–Crippen LogP) is 3.76. The number of nitrogens with zero attached hydrogens (tertiary/aromatic N) is 1. The van der Waals surface area contributed by atoms with Gasteiger partial charge in [-0.2, -0.15) is 0 Å². The lowest BCUT2D eigenvalue weighted by Crippen LogP contribution is -2.34. The molecule has 2 heteroatoms. The molecule has 1 unspecified atom stereocenters. The molecule has 1 aliphatic heterocycles. The third kappa shape index (κ3) is 2.43. The molecule has 88 valence electrons. The van der Waals surface area contributed by atoms with Crippen LogP contribution in [0.5, 0.6) is 0 Å². The molecule has 0 saturated carbocycles. The highest BCUT2D eigenvalue weighted by atomic mass is 19.1. The molecule has 0 radical (unpaired) electrons. The van der Waals surface area contributed by atoms with Crippen LogP contribution in [0, 0.1) is 5.82 Å². The second-order valence-electron chi connectivity index (χ2n) is 4.57. The van der Waals surface area contributed by atoms with Gasteiger partial charge in [-0.25, -0.2) is 4.39 Å². The molecule has 1 nitrogen and oxygen atoms in total. The van der Waals surface area contributed by atoms with E-state index in [2.05, 4.69) is 11.8 Å². The van der Waals surface area contributed by atoms with E-state index in [1.807, 2.05) is 12.1 Å². The number of rotatable bonds is 3. The quantitative estimate of drug-likeness (QED) is 0.751. The second kappa shape index (κ2) is 5.44. The fourth-order valence-corrected chi connectivity index (χ4v) is 2.64. The third-order valence-corrected chi connectivity index (χ3v) is 3.39. The van der Waals surface area contributed by atoms with Crippen molar-refractivity contribution in [1.29, 1.82) is 0 Å². The zero-order valence-corrected chi connectivity index (χ0v) is 9.95. The lowest BCUT2D eigenvalue weighted by Gasteiger charge is -2.36. The van der Waals surface area contributed by atoms with Gasteiger partial charge in [0.25, 0.3) is 0 Å². The first-order valence-electron chi connectivity index (χ1n) is 6.31. The highest BCUT2D eigenvalue weighted by Gasteiger charge is 2.24. The van der Waals surface area contributed by atoms with Gasteiger partial charge in [0.2, 0.25) is 0 Å². The molecule has 1 aliphatic rings. The highest BCUT2D eigenvalue weighted by Crippen LogP contribution is 2.32. The number of hydrogen-bond acceptors (Lipinski definition) is 1. The number of halogens is 1. The van der Waals surface area contributed by atoms with Gasteiger partial charge in [0, 0.05) is 11.6 Å². The van der Waals surface area contributed by atoms with Crippen molar-refractivity contribution < 1.29 is 4.39 Å². The zero-order valence-electron chi connectivity index (χ0n) is 9.95. The van der Waals surface area contributed by atoms with Crippen LogP contribution in [0.3, 0.4) is 0 Å². The summed E-state index contributed by atoms with van der Waals surface area (Å²) < 4.78 is 13.8. The minimum atomic E-state index is -0.0458. The van der Waals surface area contributed by atoms with Crippen molar-refractivity contribution in [2.24, 2.45) is 0 Å². The van der Waals surface area contributed by atoms with Gasteiger partial charge in [0.05, 0.1) is 0 Å². The normalized spacial score (nSPS) is 22.2. The number of benzene rings is 1. The van der Waals surface area contributed by atoms with Gasteiger partial charge in [0.1, 0.15) is 5.82 Å². The Morgan fingerprint density at radius 1 is 1.31 bits per heavy atom. The summed E-state index contributed by atoms with van der Waals surface area (Å²) in [6.45, 7) is 4.39. The van der Waals surface area contributed by atoms with Gasteiger partial charge in [-0.15, -0.1) is 0 Å². The highest BCUT2D eigenvalue weighted by molar-refractivity contribution is 5.21. The first-order chi connectivity index (χ1) is 7.83. The van der Waals surface area contributed by atoms with Crippen LogP contribution in [0.15, 0.2) is 24.3 Å². The largest absolute Gasteiger partial charge is 0.296 e. The molecule has 0 spiro atoms. The maximum atomic E-state index is 13.8. The summed E-state index contributed by atoms with van der Waals surface area (Å²) in [4.78, 5) is 2.43. The summed E-state index contributed by atoms with van der Waals surface area (Å²) in [6, 6.07) is 7.53. The van der Waals surface area contributed by atoms with Crippen LogP contribution in [-0.2, 0) is 0 Å². The van der Waals surface area contributed by atoms with Crippen LogP contribution in [0.1, 0.15) is 44.2 Å². The first-order valence-corrected chi connectivity index (χ1v) is 6.31. The number of piperidine rings is 1. The monoisotopic (exact) mass is 221 g/mol. The van der Waals surface area contributed by atoms with E-state index in [4.69, 9.17) is 0 Å². The molecule has 1 heterocycles. The van der Waals surface area contributed by atoms with Crippen molar-refractivity contribution in [2.45, 2.75) is 38.6 Å². The van der Waals surface area contributed by atoms with E-state index in [0.717, 1.165) is 31.5 Å². The van der Waals surface area contributed by atoms with Crippen molar-refractivity contribution in [3.05, 3.63) is 35.6 Å². The van der Waals surface area contributed by atoms with Crippen molar-refractivity contribution in [3.63, 3.8) is 0 Å². The average molecular weight is 221 g/mol. The van der Waals surface area contributed by atoms with Crippen molar-refractivity contribution in [2.75, 3.05) is 13.1 Å². The minimum absolute atomic E-state index is 0.0458. The second-order valence-corrected chi connectivity index (χ2v) is 4.57. The van der Waals surface area contributed by atoms with E-state index in [1.165, 1.54) is 12.8 Å². The Morgan fingerprint density at radius 2 is 2.12 bits per heavy atom. The third-order valence-electron chi connectivity index (χ3n) is 3.39. The van der Waals surface area contributed by atoms with Crippen LogP contribution in [0.2, 0.25) is 0 Å². The molecule has 1 aromatic carbocycles. The summed E-state index contributed by atoms with van der Waals surface area (Å²) in [6.07, 6.45) is 4.72. The molecule has 0 N–H and O–H groups in total. The van der Waals surface area contributed by atoms with Crippen molar-refractivity contribution in [3.8, 4) is 0 Å². The Bertz CT molecular complexity index is 335. The van der Waals surface area contributed by atoms with Gasteiger partial charge in [-0.3, -0.25) is 4.90 Å². The Kier molecular flexibility index (Phi) is 3.94. The molecular weight excluding hydrogens is 201 g/mol. The van der Waals surface area contributed by atoms with Gasteiger partial charge in [0.15, 0.2) is 0 Å². The maximum Gasteiger partial charge on any atom is 0.127 e. The van der Waals surface area contributed by atoms with Gasteiger partial charge >= 0.3 is 0 Å². The van der Waals surface area contributed by atoms with Crippen LogP contribution in [-0.4, -0.2) is 18.0 Å². The molecule has 0 aromatic heterocycles. The van der Waals surface area contributed by atoms with Gasteiger partial charge in [-0.05, 0) is 38.4 Å². The Balaban J connectivity index is 2.19. The van der Waals surface area contributed by atoms with Crippen molar-refractivity contribution >= 4 is 0 Å². The lowest BCUT2D eigenvalue weighted by molar-refractivity contribution is 0.146. The summed E-state index contributed by atoms with van der Waals surface area (Å²) in [5.74, 6) is -0.0458. The molecule has 0 amide bonds. The lowest BCUT2D eigenvalue weighted by atomic mass is 9.95.